The molecule has 4 rings (SSSR count). The summed E-state index contributed by atoms with van der Waals surface area (Å²) in [4.78, 5) is 12.2. The van der Waals surface area contributed by atoms with Gasteiger partial charge in [-0.05, 0) is 5.92 Å². The normalized spacial score (nSPS) is 50.1. The van der Waals surface area contributed by atoms with Crippen LogP contribution in [0.4, 0.5) is 0 Å². The van der Waals surface area contributed by atoms with Crippen molar-refractivity contribution in [3.63, 3.8) is 0 Å². The Balaban J connectivity index is 1.47. The molecule has 3 aliphatic heterocycles. The zero-order chi connectivity index (χ0) is 28.8. The molecule has 4 aliphatic rings. The van der Waals surface area contributed by atoms with Crippen LogP contribution < -0.4 is 0 Å². The van der Waals surface area contributed by atoms with E-state index in [2.05, 4.69) is 0 Å². The van der Waals surface area contributed by atoms with E-state index in [4.69, 9.17) is 28.4 Å². The first-order valence-corrected chi connectivity index (χ1v) is 12.5. The Kier molecular flexibility index (Phi) is 9.19. The van der Waals surface area contributed by atoms with Crippen molar-refractivity contribution in [2.45, 2.75) is 92.8 Å². The third-order valence-corrected chi connectivity index (χ3v) is 7.94. The summed E-state index contributed by atoms with van der Waals surface area (Å²) in [6.07, 6.45) is -18.0. The number of carbonyl (C=O) groups excluding carboxylic acids is 1. The number of hydrogen-bond donors (Lipinski definition) is 9. The molecule has 15 atom stereocenters. The molecule has 16 nitrogen and oxygen atoms in total. The lowest BCUT2D eigenvalue weighted by molar-refractivity contribution is -0.357. The van der Waals surface area contributed by atoms with Gasteiger partial charge in [0.05, 0.1) is 38.6 Å². The van der Waals surface area contributed by atoms with Crippen LogP contribution >= 0.6 is 0 Å². The second-order valence-electron chi connectivity index (χ2n) is 10.3. The van der Waals surface area contributed by atoms with Crippen LogP contribution in [0.1, 0.15) is 13.3 Å². The number of fused-ring (bicyclic) bond motifs is 1. The van der Waals surface area contributed by atoms with Crippen LogP contribution in [0, 0.1) is 11.8 Å². The lowest BCUT2D eigenvalue weighted by Crippen LogP contribution is -2.62. The maximum Gasteiger partial charge on any atom is 0.339 e. The largest absolute Gasteiger partial charge is 0.471 e. The maximum absolute atomic E-state index is 12.2. The molecule has 16 heteroatoms. The molecular weight excluding hydrogens is 532 g/mol. The fraction of sp³-hybridized carbons (Fsp3) is 0.870. The van der Waals surface area contributed by atoms with Gasteiger partial charge in [-0.15, -0.1) is 0 Å². The highest BCUT2D eigenvalue weighted by atomic mass is 16.8. The molecule has 0 aromatic carbocycles. The molecule has 0 bridgehead atoms. The Morgan fingerprint density at radius 2 is 1.51 bits per heavy atom. The molecular formula is C23H36O16. The fourth-order valence-corrected chi connectivity index (χ4v) is 5.54. The third kappa shape index (κ3) is 5.42. The minimum atomic E-state index is -1.90. The third-order valence-electron chi connectivity index (χ3n) is 7.94. The average molecular weight is 569 g/mol. The molecule has 0 radical (unpaired) electrons. The van der Waals surface area contributed by atoms with Crippen molar-refractivity contribution in [2.75, 3.05) is 20.3 Å². The maximum atomic E-state index is 12.2. The van der Waals surface area contributed by atoms with Gasteiger partial charge in [-0.2, -0.15) is 0 Å². The van der Waals surface area contributed by atoms with Crippen LogP contribution in [0.5, 0.6) is 0 Å². The zero-order valence-electron chi connectivity index (χ0n) is 21.2. The van der Waals surface area contributed by atoms with Gasteiger partial charge in [0.25, 0.3) is 0 Å². The molecule has 1 aliphatic carbocycles. The molecule has 0 spiro atoms. The summed E-state index contributed by atoms with van der Waals surface area (Å²) in [5.74, 6) is -2.56. The van der Waals surface area contributed by atoms with Crippen molar-refractivity contribution in [1.82, 2.24) is 0 Å². The monoisotopic (exact) mass is 568 g/mol. The molecule has 0 aromatic heterocycles. The second kappa shape index (κ2) is 11.8. The first kappa shape index (κ1) is 30.4. The number of esters is 1. The molecule has 0 aromatic rings. The van der Waals surface area contributed by atoms with Crippen molar-refractivity contribution >= 4 is 5.97 Å². The topological polar surface area (TPSA) is 255 Å². The van der Waals surface area contributed by atoms with Crippen molar-refractivity contribution in [2.24, 2.45) is 11.8 Å². The Hall–Kier alpha value is -1.51. The first-order chi connectivity index (χ1) is 18.3. The summed E-state index contributed by atoms with van der Waals surface area (Å²) < 4.78 is 32.2. The fourth-order valence-electron chi connectivity index (χ4n) is 5.54. The van der Waals surface area contributed by atoms with Crippen LogP contribution in [-0.2, 0) is 33.2 Å². The number of aliphatic hydroxyl groups excluding tert-OH is 8. The van der Waals surface area contributed by atoms with Gasteiger partial charge in [-0.25, -0.2) is 4.79 Å². The summed E-state index contributed by atoms with van der Waals surface area (Å²) in [5.41, 5.74) is -2.14. The molecule has 39 heavy (non-hydrogen) atoms. The molecule has 2 saturated heterocycles. The van der Waals surface area contributed by atoms with E-state index in [1.54, 1.807) is 6.92 Å². The van der Waals surface area contributed by atoms with Crippen molar-refractivity contribution in [3.8, 4) is 0 Å². The van der Waals surface area contributed by atoms with E-state index in [9.17, 15) is 50.8 Å². The van der Waals surface area contributed by atoms with Crippen LogP contribution in [0.15, 0.2) is 11.8 Å². The minimum absolute atomic E-state index is 0.228. The minimum Gasteiger partial charge on any atom is -0.471 e. The molecule has 3 fully saturated rings. The van der Waals surface area contributed by atoms with Gasteiger partial charge < -0.3 is 74.4 Å². The van der Waals surface area contributed by atoms with Gasteiger partial charge >= 0.3 is 5.97 Å². The summed E-state index contributed by atoms with van der Waals surface area (Å²) >= 11 is 0. The predicted molar refractivity (Wildman–Crippen MR) is 121 cm³/mol. The van der Waals surface area contributed by atoms with E-state index in [-0.39, 0.29) is 12.0 Å². The Bertz CT molecular complexity index is 899. The van der Waals surface area contributed by atoms with E-state index in [0.717, 1.165) is 13.4 Å². The summed E-state index contributed by atoms with van der Waals surface area (Å²) in [7, 11) is 1.12. The van der Waals surface area contributed by atoms with Crippen molar-refractivity contribution < 1.29 is 79.2 Å². The Labute approximate surface area is 222 Å². The first-order valence-electron chi connectivity index (χ1n) is 12.5. The number of rotatable bonds is 7. The van der Waals surface area contributed by atoms with Crippen molar-refractivity contribution in [3.05, 3.63) is 11.8 Å². The number of carbonyl (C=O) groups is 1. The zero-order valence-corrected chi connectivity index (χ0v) is 21.2. The second-order valence-corrected chi connectivity index (χ2v) is 10.3. The number of hydrogen-bond acceptors (Lipinski definition) is 16. The van der Waals surface area contributed by atoms with Crippen LogP contribution in [-0.4, -0.2) is 152 Å². The van der Waals surface area contributed by atoms with Gasteiger partial charge in [0.1, 0.15) is 60.0 Å². The van der Waals surface area contributed by atoms with E-state index in [1.165, 1.54) is 0 Å². The summed E-state index contributed by atoms with van der Waals surface area (Å²) in [5, 5.41) is 92.5. The molecule has 0 amide bonds. The predicted octanol–water partition coefficient (Wildman–Crippen LogP) is -5.21. The molecule has 1 saturated carbocycles. The molecule has 3 heterocycles. The van der Waals surface area contributed by atoms with E-state index < -0.39 is 110 Å². The van der Waals surface area contributed by atoms with E-state index in [1.807, 2.05) is 0 Å². The lowest BCUT2D eigenvalue weighted by atomic mass is 9.79. The summed E-state index contributed by atoms with van der Waals surface area (Å²) in [6, 6.07) is 0. The highest BCUT2D eigenvalue weighted by Crippen LogP contribution is 2.50. The van der Waals surface area contributed by atoms with Crippen molar-refractivity contribution in [1.29, 1.82) is 0 Å². The highest BCUT2D eigenvalue weighted by Gasteiger charge is 2.61. The van der Waals surface area contributed by atoms with Gasteiger partial charge in [-0.1, -0.05) is 6.92 Å². The average Bonchev–Trinajstić information content (AvgIpc) is 3.15. The number of aliphatic hydroxyl groups is 9. The number of ether oxygens (including phenoxy) is 6. The van der Waals surface area contributed by atoms with Gasteiger partial charge in [0.15, 0.2) is 12.6 Å². The van der Waals surface area contributed by atoms with Gasteiger partial charge in [0, 0.05) is 6.42 Å². The SMILES string of the molecule is COC(=O)C1=COC(OC2OC(COC3OC(CO)C(O)C(O)C3O)C(O)C(O)C2O)C2C(C)C(O)CC12O. The van der Waals surface area contributed by atoms with Gasteiger partial charge in [-0.3, -0.25) is 0 Å². The molecule has 9 N–H and O–H groups in total. The standard InChI is InChI=1S/C23H36O16/c1-7-9(25)3-23(33)8(19(32)34-2)5-35-20(12(7)23)39-22-18(31)16(29)14(27)11(38-22)6-36-21-17(30)15(28)13(26)10(4-24)37-21/h5,7,9-18,20-22,24-31,33H,3-4,6H2,1-2H3. The molecule has 224 valence electrons. The Morgan fingerprint density at radius 3 is 2.13 bits per heavy atom. The van der Waals surface area contributed by atoms with Crippen LogP contribution in [0.25, 0.3) is 0 Å². The quantitative estimate of drug-likeness (QED) is 0.130. The van der Waals surface area contributed by atoms with E-state index >= 15 is 0 Å². The van der Waals surface area contributed by atoms with E-state index in [0.29, 0.717) is 0 Å². The number of methoxy groups -OCH3 is 1. The molecule has 15 unspecified atom stereocenters. The highest BCUT2D eigenvalue weighted by molar-refractivity contribution is 5.90. The van der Waals surface area contributed by atoms with Crippen LogP contribution in [0.2, 0.25) is 0 Å². The lowest BCUT2D eigenvalue weighted by Gasteiger charge is -2.45. The summed E-state index contributed by atoms with van der Waals surface area (Å²) in [6.45, 7) is 0.331. The van der Waals surface area contributed by atoms with Crippen LogP contribution in [0.3, 0.4) is 0 Å². The smallest absolute Gasteiger partial charge is 0.339 e. The van der Waals surface area contributed by atoms with Gasteiger partial charge in [0.2, 0.25) is 6.29 Å². The Morgan fingerprint density at radius 1 is 0.923 bits per heavy atom.